The van der Waals surface area contributed by atoms with Gasteiger partial charge in [0.15, 0.2) is 0 Å². The molecule has 0 heterocycles. The molecule has 5 nitrogen and oxygen atoms in total. The van der Waals surface area contributed by atoms with Gasteiger partial charge in [-0.3, -0.25) is 4.79 Å². The third-order valence-electron chi connectivity index (χ3n) is 2.33. The third-order valence-corrected chi connectivity index (χ3v) is 2.33. The molecular weight excluding hydrogens is 232 g/mol. The Balaban J connectivity index is 2.76. The van der Waals surface area contributed by atoms with E-state index in [-0.39, 0.29) is 25.1 Å². The van der Waals surface area contributed by atoms with Crippen molar-refractivity contribution in [3.8, 4) is 0 Å². The van der Waals surface area contributed by atoms with Crippen LogP contribution in [-0.4, -0.2) is 41.4 Å². The molecule has 0 radical (unpaired) electrons. The highest BCUT2D eigenvalue weighted by Crippen LogP contribution is 2.15. The number of hydrogen-bond acceptors (Lipinski definition) is 4. The predicted molar refractivity (Wildman–Crippen MR) is 70.6 cm³/mol. The Labute approximate surface area is 107 Å². The number of aliphatic hydroxyl groups is 2. The van der Waals surface area contributed by atoms with Gasteiger partial charge in [-0.1, -0.05) is 12.1 Å². The minimum Gasteiger partial charge on any atom is -0.394 e. The second-order valence-electron chi connectivity index (χ2n) is 4.39. The maximum Gasteiger partial charge on any atom is 0.253 e. The standard InChI is InChI=1S/C13H20N2O3/c1-9(2)15-13(18)11-5-3-4-6-12(11)14-7-10(17)8-16/h3-6,9-10,14,16-17H,7-8H2,1-2H3,(H,15,18). The molecule has 5 heteroatoms. The molecule has 1 rings (SSSR count). The Bertz CT molecular complexity index is 394. The first-order valence-electron chi connectivity index (χ1n) is 5.97. The van der Waals surface area contributed by atoms with Gasteiger partial charge in [-0.25, -0.2) is 0 Å². The number of rotatable bonds is 6. The highest BCUT2D eigenvalue weighted by Gasteiger charge is 2.12. The molecule has 1 amide bonds. The fraction of sp³-hybridized carbons (Fsp3) is 0.462. The summed E-state index contributed by atoms with van der Waals surface area (Å²) in [6.07, 6.45) is -0.841. The minimum atomic E-state index is -0.841. The van der Waals surface area contributed by atoms with Crippen molar-refractivity contribution < 1.29 is 15.0 Å². The number of anilines is 1. The van der Waals surface area contributed by atoms with Crippen LogP contribution in [0.5, 0.6) is 0 Å². The monoisotopic (exact) mass is 252 g/mol. The summed E-state index contributed by atoms with van der Waals surface area (Å²) in [5.41, 5.74) is 1.17. The summed E-state index contributed by atoms with van der Waals surface area (Å²) < 4.78 is 0. The average molecular weight is 252 g/mol. The lowest BCUT2D eigenvalue weighted by Crippen LogP contribution is -2.31. The second kappa shape index (κ2) is 6.98. The van der Waals surface area contributed by atoms with Crippen LogP contribution < -0.4 is 10.6 Å². The molecule has 0 aliphatic carbocycles. The van der Waals surface area contributed by atoms with Gasteiger partial charge in [0.05, 0.1) is 18.3 Å². The first-order valence-corrected chi connectivity index (χ1v) is 5.97. The Morgan fingerprint density at radius 1 is 1.33 bits per heavy atom. The van der Waals surface area contributed by atoms with Crippen LogP contribution in [0.1, 0.15) is 24.2 Å². The van der Waals surface area contributed by atoms with Gasteiger partial charge in [0.2, 0.25) is 0 Å². The van der Waals surface area contributed by atoms with Crippen molar-refractivity contribution in [2.75, 3.05) is 18.5 Å². The quantitative estimate of drug-likeness (QED) is 0.597. The number of carbonyl (C=O) groups is 1. The van der Waals surface area contributed by atoms with Gasteiger partial charge in [0.25, 0.3) is 5.91 Å². The zero-order valence-electron chi connectivity index (χ0n) is 10.7. The van der Waals surface area contributed by atoms with E-state index in [9.17, 15) is 9.90 Å². The topological polar surface area (TPSA) is 81.6 Å². The molecule has 0 saturated carbocycles. The summed E-state index contributed by atoms with van der Waals surface area (Å²) in [5.74, 6) is -0.161. The van der Waals surface area contributed by atoms with Gasteiger partial charge < -0.3 is 20.8 Å². The number of para-hydroxylation sites is 1. The Morgan fingerprint density at radius 2 is 2.00 bits per heavy atom. The smallest absolute Gasteiger partial charge is 0.253 e. The van der Waals surface area contributed by atoms with E-state index in [1.54, 1.807) is 24.3 Å². The van der Waals surface area contributed by atoms with Crippen molar-refractivity contribution in [1.29, 1.82) is 0 Å². The summed E-state index contributed by atoms with van der Waals surface area (Å²) >= 11 is 0. The van der Waals surface area contributed by atoms with E-state index in [1.165, 1.54) is 0 Å². The number of aliphatic hydroxyl groups excluding tert-OH is 2. The van der Waals surface area contributed by atoms with Gasteiger partial charge >= 0.3 is 0 Å². The van der Waals surface area contributed by atoms with Gasteiger partial charge in [0, 0.05) is 18.3 Å². The van der Waals surface area contributed by atoms with Crippen LogP contribution in [0.15, 0.2) is 24.3 Å². The molecule has 0 aliphatic rings. The van der Waals surface area contributed by atoms with Crippen LogP contribution in [-0.2, 0) is 0 Å². The lowest BCUT2D eigenvalue weighted by molar-refractivity contribution is 0.0943. The van der Waals surface area contributed by atoms with Crippen LogP contribution in [0.2, 0.25) is 0 Å². The third kappa shape index (κ3) is 4.35. The summed E-state index contributed by atoms with van der Waals surface area (Å²) in [4.78, 5) is 11.9. The predicted octanol–water partition coefficient (Wildman–Crippen LogP) is 0.590. The van der Waals surface area contributed by atoms with E-state index < -0.39 is 6.10 Å². The SMILES string of the molecule is CC(C)NC(=O)c1ccccc1NCC(O)CO. The van der Waals surface area contributed by atoms with E-state index in [1.807, 2.05) is 13.8 Å². The zero-order valence-corrected chi connectivity index (χ0v) is 10.7. The van der Waals surface area contributed by atoms with Crippen molar-refractivity contribution in [1.82, 2.24) is 5.32 Å². The van der Waals surface area contributed by atoms with E-state index in [0.717, 1.165) is 0 Å². The van der Waals surface area contributed by atoms with Crippen LogP contribution in [0.25, 0.3) is 0 Å². The van der Waals surface area contributed by atoms with Gasteiger partial charge in [-0.2, -0.15) is 0 Å². The Hall–Kier alpha value is -1.59. The maximum atomic E-state index is 11.9. The molecule has 0 saturated heterocycles. The van der Waals surface area contributed by atoms with E-state index in [0.29, 0.717) is 11.3 Å². The number of hydrogen-bond donors (Lipinski definition) is 4. The molecule has 0 aromatic heterocycles. The molecule has 0 spiro atoms. The zero-order chi connectivity index (χ0) is 13.5. The summed E-state index contributed by atoms with van der Waals surface area (Å²) in [5, 5.41) is 23.8. The highest BCUT2D eigenvalue weighted by molar-refractivity contribution is 5.99. The highest BCUT2D eigenvalue weighted by atomic mass is 16.3. The molecule has 1 atom stereocenters. The van der Waals surface area contributed by atoms with Crippen molar-refractivity contribution >= 4 is 11.6 Å². The molecule has 4 N–H and O–H groups in total. The lowest BCUT2D eigenvalue weighted by Gasteiger charge is -2.15. The van der Waals surface area contributed by atoms with Crippen molar-refractivity contribution in [2.45, 2.75) is 26.0 Å². The first kappa shape index (κ1) is 14.5. The molecule has 18 heavy (non-hydrogen) atoms. The van der Waals surface area contributed by atoms with E-state index in [4.69, 9.17) is 5.11 Å². The van der Waals surface area contributed by atoms with Crippen molar-refractivity contribution in [3.63, 3.8) is 0 Å². The fourth-order valence-corrected chi connectivity index (χ4v) is 1.47. The maximum absolute atomic E-state index is 11.9. The van der Waals surface area contributed by atoms with Crippen LogP contribution in [0.4, 0.5) is 5.69 Å². The molecule has 1 aromatic carbocycles. The van der Waals surface area contributed by atoms with E-state index in [2.05, 4.69) is 10.6 Å². The van der Waals surface area contributed by atoms with Crippen LogP contribution in [0.3, 0.4) is 0 Å². The van der Waals surface area contributed by atoms with Crippen molar-refractivity contribution in [2.24, 2.45) is 0 Å². The van der Waals surface area contributed by atoms with Crippen LogP contribution >= 0.6 is 0 Å². The molecule has 0 aliphatic heterocycles. The van der Waals surface area contributed by atoms with Gasteiger partial charge in [-0.05, 0) is 26.0 Å². The summed E-state index contributed by atoms with van der Waals surface area (Å²) in [6.45, 7) is 3.67. The lowest BCUT2D eigenvalue weighted by atomic mass is 10.1. The summed E-state index contributed by atoms with van der Waals surface area (Å²) in [6, 6.07) is 7.13. The molecule has 0 fully saturated rings. The number of nitrogens with one attached hydrogen (secondary N) is 2. The number of carbonyl (C=O) groups excluding carboxylic acids is 1. The van der Waals surface area contributed by atoms with Crippen molar-refractivity contribution in [3.05, 3.63) is 29.8 Å². The fourth-order valence-electron chi connectivity index (χ4n) is 1.47. The summed E-state index contributed by atoms with van der Waals surface area (Å²) in [7, 11) is 0. The second-order valence-corrected chi connectivity index (χ2v) is 4.39. The normalized spacial score (nSPS) is 12.3. The minimum absolute atomic E-state index is 0.0635. The molecule has 1 unspecified atom stereocenters. The average Bonchev–Trinajstić information content (AvgIpc) is 2.35. The van der Waals surface area contributed by atoms with Crippen LogP contribution in [0, 0.1) is 0 Å². The molecule has 100 valence electrons. The Kier molecular flexibility index (Phi) is 5.61. The Morgan fingerprint density at radius 3 is 2.61 bits per heavy atom. The number of amides is 1. The molecular formula is C13H20N2O3. The molecule has 0 bridgehead atoms. The molecule has 1 aromatic rings. The first-order chi connectivity index (χ1) is 8.54. The number of benzene rings is 1. The largest absolute Gasteiger partial charge is 0.394 e. The van der Waals surface area contributed by atoms with E-state index >= 15 is 0 Å². The van der Waals surface area contributed by atoms with Gasteiger partial charge in [-0.15, -0.1) is 0 Å². The van der Waals surface area contributed by atoms with Gasteiger partial charge in [0.1, 0.15) is 0 Å².